The zero-order valence-corrected chi connectivity index (χ0v) is 25.9. The molecule has 1 aliphatic heterocycles. The molecular formula is C26H51NO7SSi. The van der Waals surface area contributed by atoms with Gasteiger partial charge in [-0.3, -0.25) is 0 Å². The Morgan fingerprint density at radius 1 is 1.03 bits per heavy atom. The fourth-order valence-corrected chi connectivity index (χ4v) is 8.90. The van der Waals surface area contributed by atoms with Crippen LogP contribution in [0.25, 0.3) is 0 Å². The van der Waals surface area contributed by atoms with Crippen molar-refractivity contribution in [2.45, 2.75) is 116 Å². The molecule has 3 atom stereocenters. The van der Waals surface area contributed by atoms with Gasteiger partial charge in [-0.25, -0.2) is 8.42 Å². The molecule has 0 saturated carbocycles. The molecule has 212 valence electrons. The third-order valence-electron chi connectivity index (χ3n) is 7.06. The quantitative estimate of drug-likeness (QED) is 0.203. The van der Waals surface area contributed by atoms with Gasteiger partial charge in [0, 0.05) is 46.3 Å². The van der Waals surface area contributed by atoms with E-state index < -0.39 is 35.2 Å². The molecule has 36 heavy (non-hydrogen) atoms. The van der Waals surface area contributed by atoms with Gasteiger partial charge in [-0.15, -0.1) is 0 Å². The number of methoxy groups -OCH3 is 1. The van der Waals surface area contributed by atoms with Crippen LogP contribution >= 0.6 is 0 Å². The van der Waals surface area contributed by atoms with Crippen molar-refractivity contribution in [3.63, 3.8) is 0 Å². The summed E-state index contributed by atoms with van der Waals surface area (Å²) in [5, 5.41) is -0.782. The highest BCUT2D eigenvalue weighted by atomic mass is 32.2. The normalized spacial score (nSPS) is 23.5. The van der Waals surface area contributed by atoms with Gasteiger partial charge in [0.1, 0.15) is 0 Å². The summed E-state index contributed by atoms with van der Waals surface area (Å²) >= 11 is 0. The molecule has 2 aliphatic rings. The maximum atomic E-state index is 14.5. The van der Waals surface area contributed by atoms with Crippen molar-refractivity contribution >= 4 is 18.3 Å². The Morgan fingerprint density at radius 2 is 1.61 bits per heavy atom. The molecule has 0 aromatic heterocycles. The average molecular weight is 550 g/mol. The predicted molar refractivity (Wildman–Crippen MR) is 146 cm³/mol. The van der Waals surface area contributed by atoms with E-state index in [-0.39, 0.29) is 18.4 Å². The summed E-state index contributed by atoms with van der Waals surface area (Å²) in [6.07, 6.45) is 6.20. The van der Waals surface area contributed by atoms with Gasteiger partial charge in [-0.05, 0) is 91.9 Å². The van der Waals surface area contributed by atoms with E-state index in [4.69, 9.17) is 23.4 Å². The summed E-state index contributed by atoms with van der Waals surface area (Å²) < 4.78 is 60.9. The highest BCUT2D eigenvalue weighted by Gasteiger charge is 2.51. The monoisotopic (exact) mass is 549 g/mol. The van der Waals surface area contributed by atoms with Gasteiger partial charge in [0.25, 0.3) is 5.97 Å². The van der Waals surface area contributed by atoms with Crippen LogP contribution in [0.15, 0.2) is 11.8 Å². The van der Waals surface area contributed by atoms with E-state index in [0.717, 1.165) is 37.9 Å². The second-order valence-electron chi connectivity index (χ2n) is 11.2. The van der Waals surface area contributed by atoms with Crippen LogP contribution in [0.2, 0.25) is 19.6 Å². The van der Waals surface area contributed by atoms with Crippen molar-refractivity contribution in [2.24, 2.45) is 5.92 Å². The van der Waals surface area contributed by atoms with E-state index >= 15 is 0 Å². The Hall–Kier alpha value is -0.493. The number of nitrogens with zero attached hydrogens (tertiary/aromatic N) is 1. The molecule has 2 rings (SSSR count). The Balaban J connectivity index is 2.57. The van der Waals surface area contributed by atoms with Gasteiger partial charge in [0.15, 0.2) is 0 Å². The van der Waals surface area contributed by atoms with Gasteiger partial charge in [0.2, 0.25) is 18.3 Å². The van der Waals surface area contributed by atoms with Crippen molar-refractivity contribution < 1.29 is 31.8 Å². The van der Waals surface area contributed by atoms with Gasteiger partial charge < -0.3 is 23.4 Å². The minimum absolute atomic E-state index is 0.0862. The lowest BCUT2D eigenvalue weighted by Gasteiger charge is -2.42. The molecule has 1 heterocycles. The van der Waals surface area contributed by atoms with E-state index in [2.05, 4.69) is 25.7 Å². The summed E-state index contributed by atoms with van der Waals surface area (Å²) in [5.74, 6) is -0.744. The second-order valence-corrected chi connectivity index (χ2v) is 17.8. The molecule has 8 nitrogen and oxygen atoms in total. The summed E-state index contributed by atoms with van der Waals surface area (Å²) in [6.45, 7) is 17.5. The van der Waals surface area contributed by atoms with Gasteiger partial charge in [-0.2, -0.15) is 4.31 Å². The third kappa shape index (κ3) is 8.00. The van der Waals surface area contributed by atoms with Gasteiger partial charge >= 0.3 is 0 Å². The zero-order valence-electron chi connectivity index (χ0n) is 24.1. The van der Waals surface area contributed by atoms with Crippen LogP contribution in [0.3, 0.4) is 0 Å². The molecule has 0 bridgehead atoms. The SMILES string of the molecule is CCOC(CC([C@H]1C=C(O[Si](C)(C)C)CCC1)S(=O)(=O)N1CCC[C@H]1C(C)(C)OC)(OCC)OCC. The van der Waals surface area contributed by atoms with Crippen LogP contribution in [0.1, 0.15) is 73.1 Å². The van der Waals surface area contributed by atoms with Gasteiger partial charge in [-0.1, -0.05) is 0 Å². The number of hydrogen-bond donors (Lipinski definition) is 0. The van der Waals surface area contributed by atoms with E-state index in [0.29, 0.717) is 26.4 Å². The summed E-state index contributed by atoms with van der Waals surface area (Å²) in [4.78, 5) is 0. The van der Waals surface area contributed by atoms with Crippen molar-refractivity contribution in [2.75, 3.05) is 33.5 Å². The first-order valence-corrected chi connectivity index (χ1v) is 18.5. The predicted octanol–water partition coefficient (Wildman–Crippen LogP) is 5.26. The molecule has 0 radical (unpaired) electrons. The minimum atomic E-state index is -3.77. The molecule has 1 saturated heterocycles. The van der Waals surface area contributed by atoms with Crippen LogP contribution < -0.4 is 0 Å². The first kappa shape index (κ1) is 31.7. The van der Waals surface area contributed by atoms with Crippen LogP contribution in [0, 0.1) is 5.92 Å². The Kier molecular flexibility index (Phi) is 11.5. The Morgan fingerprint density at radius 3 is 2.11 bits per heavy atom. The molecule has 1 unspecified atom stereocenters. The summed E-state index contributed by atoms with van der Waals surface area (Å²) in [5.41, 5.74) is -0.598. The van der Waals surface area contributed by atoms with E-state index in [9.17, 15) is 8.42 Å². The first-order valence-electron chi connectivity index (χ1n) is 13.6. The van der Waals surface area contributed by atoms with Crippen LogP contribution in [0.5, 0.6) is 0 Å². The van der Waals surface area contributed by atoms with E-state index in [1.807, 2.05) is 34.6 Å². The van der Waals surface area contributed by atoms with Crippen LogP contribution in [0.4, 0.5) is 0 Å². The van der Waals surface area contributed by atoms with Crippen LogP contribution in [-0.4, -0.2) is 77.4 Å². The number of sulfonamides is 1. The van der Waals surface area contributed by atoms with Crippen molar-refractivity contribution in [3.8, 4) is 0 Å². The highest BCUT2D eigenvalue weighted by Crippen LogP contribution is 2.40. The van der Waals surface area contributed by atoms with Crippen molar-refractivity contribution in [3.05, 3.63) is 11.8 Å². The van der Waals surface area contributed by atoms with Crippen molar-refractivity contribution in [1.29, 1.82) is 0 Å². The average Bonchev–Trinajstić information content (AvgIpc) is 3.29. The summed E-state index contributed by atoms with van der Waals surface area (Å²) in [7, 11) is -3.95. The molecule has 0 amide bonds. The molecule has 1 fully saturated rings. The Bertz CT molecular complexity index is 808. The molecular weight excluding hydrogens is 498 g/mol. The molecule has 0 aromatic rings. The number of rotatable bonds is 15. The number of allylic oxidation sites excluding steroid dienone is 2. The lowest BCUT2D eigenvalue weighted by Crippen LogP contribution is -2.55. The second kappa shape index (κ2) is 13.0. The standard InChI is InChI=1S/C26H51NO7SSi/c1-10-31-26(32-11-2,33-12-3)20-23(21-15-13-16-22(19-21)34-36(7,8)9)35(28,29)27-18-14-17-24(27)25(4,5)30-6/h19,21,23-24H,10-18,20H2,1-9H3/t21-,23?,24+/m1/s1. The topological polar surface area (TPSA) is 83.5 Å². The molecule has 1 aliphatic carbocycles. The largest absolute Gasteiger partial charge is 0.548 e. The van der Waals surface area contributed by atoms with Crippen molar-refractivity contribution in [1.82, 2.24) is 4.31 Å². The molecule has 0 spiro atoms. The maximum absolute atomic E-state index is 14.5. The fraction of sp³-hybridized carbons (Fsp3) is 0.923. The number of ether oxygens (including phenoxy) is 4. The lowest BCUT2D eigenvalue weighted by molar-refractivity contribution is -0.380. The molecule has 0 aromatic carbocycles. The fourth-order valence-electron chi connectivity index (χ4n) is 5.42. The van der Waals surface area contributed by atoms with E-state index in [1.165, 1.54) is 0 Å². The minimum Gasteiger partial charge on any atom is -0.548 e. The molecule has 0 N–H and O–H groups in total. The number of hydrogen-bond acceptors (Lipinski definition) is 7. The van der Waals surface area contributed by atoms with Gasteiger partial charge in [0.05, 0.1) is 22.7 Å². The lowest BCUT2D eigenvalue weighted by atomic mass is 9.90. The zero-order chi connectivity index (χ0) is 27.2. The van der Waals surface area contributed by atoms with Crippen LogP contribution in [-0.2, 0) is 33.4 Å². The smallest absolute Gasteiger partial charge is 0.284 e. The highest BCUT2D eigenvalue weighted by molar-refractivity contribution is 7.89. The van der Waals surface area contributed by atoms with E-state index in [1.54, 1.807) is 11.4 Å². The molecule has 10 heteroatoms. The first-order chi connectivity index (χ1) is 16.7. The Labute approximate surface area is 221 Å². The summed E-state index contributed by atoms with van der Waals surface area (Å²) in [6, 6.07) is -0.235. The maximum Gasteiger partial charge on any atom is 0.284 e. The third-order valence-corrected chi connectivity index (χ3v) is 10.3.